The van der Waals surface area contributed by atoms with Crippen molar-refractivity contribution in [2.45, 2.75) is 19.9 Å². The lowest BCUT2D eigenvalue weighted by Gasteiger charge is -2.13. The summed E-state index contributed by atoms with van der Waals surface area (Å²) in [5, 5.41) is 10.3. The number of nitrogens with zero attached hydrogens (tertiary/aromatic N) is 2. The van der Waals surface area contributed by atoms with Crippen LogP contribution >= 0.6 is 11.6 Å². The largest absolute Gasteiger partial charge is 0.506 e. The molecule has 0 fully saturated rings. The second kappa shape index (κ2) is 4.97. The highest BCUT2D eigenvalue weighted by Crippen LogP contribution is 2.32. The molecule has 2 aromatic carbocycles. The average molecular weight is 302 g/mol. The third-order valence-corrected chi connectivity index (χ3v) is 3.69. The van der Waals surface area contributed by atoms with Crippen molar-refractivity contribution >= 4 is 28.3 Å². The summed E-state index contributed by atoms with van der Waals surface area (Å²) in [4.78, 5) is 4.68. The van der Waals surface area contributed by atoms with Crippen LogP contribution in [0.4, 0.5) is 5.69 Å². The molecular weight excluding hydrogens is 286 g/mol. The summed E-state index contributed by atoms with van der Waals surface area (Å²) in [6.45, 7) is 4.19. The van der Waals surface area contributed by atoms with Crippen molar-refractivity contribution in [2.75, 3.05) is 5.73 Å². The molecule has 0 atom stereocenters. The smallest absolute Gasteiger partial charge is 0.141 e. The van der Waals surface area contributed by atoms with Crippen LogP contribution in [0.15, 0.2) is 36.4 Å². The van der Waals surface area contributed by atoms with E-state index < -0.39 is 0 Å². The number of hydrogen-bond donors (Lipinski definition) is 2. The lowest BCUT2D eigenvalue weighted by atomic mass is 10.1. The van der Waals surface area contributed by atoms with Crippen LogP contribution in [0, 0.1) is 0 Å². The molecule has 4 nitrogen and oxygen atoms in total. The summed E-state index contributed by atoms with van der Waals surface area (Å²) in [6.07, 6.45) is 0. The van der Waals surface area contributed by atoms with Gasteiger partial charge in [0.2, 0.25) is 0 Å². The molecule has 0 saturated heterocycles. The lowest BCUT2D eigenvalue weighted by molar-refractivity contribution is 0.478. The van der Waals surface area contributed by atoms with Crippen molar-refractivity contribution in [1.29, 1.82) is 0 Å². The Labute approximate surface area is 127 Å². The Kier molecular flexibility index (Phi) is 3.26. The van der Waals surface area contributed by atoms with Gasteiger partial charge >= 0.3 is 0 Å². The number of nitrogen functional groups attached to an aromatic ring is 1. The molecule has 108 valence electrons. The normalized spacial score (nSPS) is 11.4. The first-order valence-electron chi connectivity index (χ1n) is 6.73. The number of rotatable bonds is 2. The summed E-state index contributed by atoms with van der Waals surface area (Å²) in [6, 6.07) is 11.0. The van der Waals surface area contributed by atoms with Gasteiger partial charge in [-0.05, 0) is 50.2 Å². The van der Waals surface area contributed by atoms with E-state index in [1.54, 1.807) is 12.1 Å². The third-order valence-electron chi connectivity index (χ3n) is 3.45. The minimum Gasteiger partial charge on any atom is -0.506 e. The van der Waals surface area contributed by atoms with E-state index in [2.05, 4.69) is 23.4 Å². The SMILES string of the molecule is CC(C)n1c(-c2ccc(O)c(N)c2)nc2ccc(Cl)cc21. The fourth-order valence-electron chi connectivity index (χ4n) is 2.49. The number of fused-ring (bicyclic) bond motifs is 1. The summed E-state index contributed by atoms with van der Waals surface area (Å²) >= 11 is 6.10. The van der Waals surface area contributed by atoms with Gasteiger partial charge in [-0.3, -0.25) is 0 Å². The van der Waals surface area contributed by atoms with E-state index in [1.165, 1.54) is 0 Å². The van der Waals surface area contributed by atoms with Gasteiger partial charge in [0.15, 0.2) is 0 Å². The minimum absolute atomic E-state index is 0.0778. The zero-order valence-electron chi connectivity index (χ0n) is 11.8. The molecule has 0 radical (unpaired) electrons. The van der Waals surface area contributed by atoms with Gasteiger partial charge in [0.05, 0.1) is 16.7 Å². The molecular formula is C16H16ClN3O. The van der Waals surface area contributed by atoms with Crippen LogP contribution in [-0.4, -0.2) is 14.7 Å². The third kappa shape index (κ3) is 2.32. The van der Waals surface area contributed by atoms with Crippen LogP contribution in [0.2, 0.25) is 5.02 Å². The number of anilines is 1. The molecule has 1 aromatic heterocycles. The molecule has 5 heteroatoms. The fraction of sp³-hybridized carbons (Fsp3) is 0.188. The van der Waals surface area contributed by atoms with Gasteiger partial charge in [-0.25, -0.2) is 4.98 Å². The second-order valence-electron chi connectivity index (χ2n) is 5.31. The highest BCUT2D eigenvalue weighted by Gasteiger charge is 2.16. The van der Waals surface area contributed by atoms with Crippen LogP contribution in [-0.2, 0) is 0 Å². The predicted octanol–water partition coefficient (Wildman–Crippen LogP) is 4.23. The van der Waals surface area contributed by atoms with Crippen molar-refractivity contribution in [1.82, 2.24) is 9.55 Å². The standard InChI is InChI=1S/C16H16ClN3O/c1-9(2)20-14-8-11(17)4-5-13(14)19-16(20)10-3-6-15(21)12(18)7-10/h3-9,21H,18H2,1-2H3. The minimum atomic E-state index is 0.0778. The van der Waals surface area contributed by atoms with Crippen molar-refractivity contribution in [3.05, 3.63) is 41.4 Å². The van der Waals surface area contributed by atoms with E-state index in [1.807, 2.05) is 24.3 Å². The average Bonchev–Trinajstić information content (AvgIpc) is 2.80. The van der Waals surface area contributed by atoms with E-state index >= 15 is 0 Å². The Morgan fingerprint density at radius 1 is 1.19 bits per heavy atom. The van der Waals surface area contributed by atoms with Gasteiger partial charge in [-0.2, -0.15) is 0 Å². The molecule has 3 N–H and O–H groups in total. The quantitative estimate of drug-likeness (QED) is 0.550. The van der Waals surface area contributed by atoms with Gasteiger partial charge in [-0.15, -0.1) is 0 Å². The van der Waals surface area contributed by atoms with Crippen LogP contribution in [0.1, 0.15) is 19.9 Å². The van der Waals surface area contributed by atoms with Crippen LogP contribution in [0.5, 0.6) is 5.75 Å². The Morgan fingerprint density at radius 2 is 1.95 bits per heavy atom. The topological polar surface area (TPSA) is 64.1 Å². The molecule has 0 spiro atoms. The molecule has 1 heterocycles. The zero-order chi connectivity index (χ0) is 15.1. The number of halogens is 1. The Hall–Kier alpha value is -2.20. The number of aromatic nitrogens is 2. The molecule has 0 bridgehead atoms. The number of phenols is 1. The molecule has 0 unspecified atom stereocenters. The Bertz CT molecular complexity index is 824. The number of hydrogen-bond acceptors (Lipinski definition) is 3. The van der Waals surface area contributed by atoms with Gasteiger partial charge in [-0.1, -0.05) is 11.6 Å². The first-order valence-corrected chi connectivity index (χ1v) is 7.11. The van der Waals surface area contributed by atoms with Gasteiger partial charge in [0.25, 0.3) is 0 Å². The highest BCUT2D eigenvalue weighted by atomic mass is 35.5. The molecule has 21 heavy (non-hydrogen) atoms. The number of phenolic OH excluding ortho intramolecular Hbond substituents is 1. The fourth-order valence-corrected chi connectivity index (χ4v) is 2.65. The molecule has 0 aliphatic heterocycles. The maximum atomic E-state index is 9.58. The number of nitrogens with two attached hydrogens (primary N) is 1. The summed E-state index contributed by atoms with van der Waals surface area (Å²) in [5.41, 5.74) is 8.87. The first-order chi connectivity index (χ1) is 9.97. The van der Waals surface area contributed by atoms with Crippen LogP contribution in [0.3, 0.4) is 0 Å². The molecule has 0 saturated carbocycles. The van der Waals surface area contributed by atoms with E-state index in [0.717, 1.165) is 22.4 Å². The molecule has 0 aliphatic carbocycles. The maximum absolute atomic E-state index is 9.58. The van der Waals surface area contributed by atoms with E-state index in [0.29, 0.717) is 10.7 Å². The summed E-state index contributed by atoms with van der Waals surface area (Å²) < 4.78 is 2.12. The summed E-state index contributed by atoms with van der Waals surface area (Å²) in [7, 11) is 0. The number of imidazole rings is 1. The van der Waals surface area contributed by atoms with Gasteiger partial charge in [0, 0.05) is 16.6 Å². The van der Waals surface area contributed by atoms with Crippen molar-refractivity contribution < 1.29 is 5.11 Å². The molecule has 0 aliphatic rings. The Morgan fingerprint density at radius 3 is 2.62 bits per heavy atom. The first kappa shape index (κ1) is 13.8. The van der Waals surface area contributed by atoms with E-state index in [-0.39, 0.29) is 11.8 Å². The monoisotopic (exact) mass is 301 g/mol. The molecule has 3 rings (SSSR count). The van der Waals surface area contributed by atoms with Gasteiger partial charge in [0.1, 0.15) is 11.6 Å². The summed E-state index contributed by atoms with van der Waals surface area (Å²) in [5.74, 6) is 0.892. The van der Waals surface area contributed by atoms with Crippen molar-refractivity contribution in [3.63, 3.8) is 0 Å². The number of aromatic hydroxyl groups is 1. The zero-order valence-corrected chi connectivity index (χ0v) is 12.6. The predicted molar refractivity (Wildman–Crippen MR) is 86.6 cm³/mol. The molecule has 3 aromatic rings. The van der Waals surface area contributed by atoms with Crippen molar-refractivity contribution in [2.24, 2.45) is 0 Å². The van der Waals surface area contributed by atoms with Crippen LogP contribution in [0.25, 0.3) is 22.4 Å². The van der Waals surface area contributed by atoms with Gasteiger partial charge < -0.3 is 15.4 Å². The van der Waals surface area contributed by atoms with Crippen LogP contribution < -0.4 is 5.73 Å². The van der Waals surface area contributed by atoms with E-state index in [9.17, 15) is 5.11 Å². The second-order valence-corrected chi connectivity index (χ2v) is 5.74. The highest BCUT2D eigenvalue weighted by molar-refractivity contribution is 6.31. The Balaban J connectivity index is 2.30. The maximum Gasteiger partial charge on any atom is 0.141 e. The van der Waals surface area contributed by atoms with Crippen molar-refractivity contribution in [3.8, 4) is 17.1 Å². The number of benzene rings is 2. The lowest BCUT2D eigenvalue weighted by Crippen LogP contribution is -2.03. The van der Waals surface area contributed by atoms with E-state index in [4.69, 9.17) is 17.3 Å². The molecule has 0 amide bonds.